The number of aromatic hydroxyl groups is 1. The lowest BCUT2D eigenvalue weighted by atomic mass is 9.92. The fraction of sp³-hybridized carbons (Fsp3) is 0.0556. The number of tetrazole rings is 1. The number of nitrogens with zero attached hydrogens (tertiary/aromatic N) is 5. The molecule has 1 atom stereocenters. The van der Waals surface area contributed by atoms with Crippen molar-refractivity contribution in [2.75, 3.05) is 5.32 Å². The summed E-state index contributed by atoms with van der Waals surface area (Å²) in [5, 5.41) is 31.2. The van der Waals surface area contributed by atoms with Crippen molar-refractivity contribution in [2.45, 2.75) is 6.04 Å². The minimum Gasteiger partial charge on any atom is -0.508 e. The molecule has 1 aliphatic heterocycles. The van der Waals surface area contributed by atoms with Crippen LogP contribution >= 0.6 is 0 Å². The van der Waals surface area contributed by atoms with Gasteiger partial charge in [-0.05, 0) is 52.4 Å². The highest BCUT2D eigenvalue weighted by atomic mass is 19.1. The fourth-order valence-corrected chi connectivity index (χ4v) is 3.37. The minimum atomic E-state index is -0.622. The zero-order valence-electron chi connectivity index (χ0n) is 14.2. The molecule has 3 N–H and O–H groups in total. The number of aromatic amines is 1. The first-order valence-electron chi connectivity index (χ1n) is 8.34. The molecule has 4 aromatic rings. The zero-order valence-corrected chi connectivity index (χ0v) is 14.2. The van der Waals surface area contributed by atoms with Crippen molar-refractivity contribution in [2.24, 2.45) is 0 Å². The summed E-state index contributed by atoms with van der Waals surface area (Å²) in [5.74, 6) is -0.0385. The molecule has 0 bridgehead atoms. The molecule has 0 saturated carbocycles. The van der Waals surface area contributed by atoms with Gasteiger partial charge in [0.2, 0.25) is 5.95 Å². The number of nitrogens with one attached hydrogen (secondary N) is 2. The van der Waals surface area contributed by atoms with Gasteiger partial charge in [-0.25, -0.2) is 9.49 Å². The highest BCUT2D eigenvalue weighted by molar-refractivity contribution is 5.75. The van der Waals surface area contributed by atoms with E-state index < -0.39 is 11.6 Å². The first-order chi connectivity index (χ1) is 13.6. The third-order valence-electron chi connectivity index (χ3n) is 4.57. The number of halogens is 1. The number of rotatable bonds is 2. The number of aromatic nitrogens is 6. The van der Waals surface area contributed by atoms with Crippen molar-refractivity contribution in [1.82, 2.24) is 30.4 Å². The van der Waals surface area contributed by atoms with E-state index in [2.05, 4.69) is 31.0 Å². The average Bonchev–Trinajstić information content (AvgIpc) is 3.16. The van der Waals surface area contributed by atoms with Crippen LogP contribution in [0, 0.1) is 5.82 Å². The van der Waals surface area contributed by atoms with Gasteiger partial charge >= 0.3 is 0 Å². The number of fused-ring (bicyclic) bond motifs is 2. The van der Waals surface area contributed by atoms with Crippen molar-refractivity contribution in [3.05, 3.63) is 75.8 Å². The predicted molar refractivity (Wildman–Crippen MR) is 96.7 cm³/mol. The van der Waals surface area contributed by atoms with Crippen LogP contribution in [0.1, 0.15) is 17.2 Å². The molecule has 5 rings (SSSR count). The van der Waals surface area contributed by atoms with Gasteiger partial charge in [-0.1, -0.05) is 17.2 Å². The number of hydrogen-bond donors (Lipinski definition) is 3. The molecule has 0 amide bonds. The predicted octanol–water partition coefficient (Wildman–Crippen LogP) is 1.96. The molecule has 0 aliphatic carbocycles. The van der Waals surface area contributed by atoms with E-state index in [4.69, 9.17) is 0 Å². The second kappa shape index (κ2) is 5.98. The molecule has 0 radical (unpaired) electrons. The number of hydrogen-bond acceptors (Lipinski definition) is 7. The van der Waals surface area contributed by atoms with Crippen LogP contribution in [0.25, 0.3) is 11.3 Å². The Morgan fingerprint density at radius 2 is 1.96 bits per heavy atom. The van der Waals surface area contributed by atoms with E-state index in [1.165, 1.54) is 16.8 Å². The second-order valence-electron chi connectivity index (χ2n) is 6.27. The number of anilines is 2. The summed E-state index contributed by atoms with van der Waals surface area (Å²) in [6.45, 7) is 0. The third-order valence-corrected chi connectivity index (χ3v) is 4.57. The Kier molecular flexibility index (Phi) is 3.44. The first-order valence-corrected chi connectivity index (χ1v) is 8.34. The quantitative estimate of drug-likeness (QED) is 0.430. The molecule has 1 unspecified atom stereocenters. The normalized spacial score (nSPS) is 14.8. The Hall–Kier alpha value is -4.08. The van der Waals surface area contributed by atoms with Crippen LogP contribution in [-0.4, -0.2) is 35.5 Å². The van der Waals surface area contributed by atoms with E-state index in [9.17, 15) is 14.3 Å². The molecule has 138 valence electrons. The highest BCUT2D eigenvalue weighted by Crippen LogP contribution is 2.41. The molecular weight excluding hydrogens is 365 g/mol. The zero-order chi connectivity index (χ0) is 19.3. The maximum absolute atomic E-state index is 13.4. The maximum atomic E-state index is 13.4. The number of phenols is 1. The molecule has 0 spiro atoms. The van der Waals surface area contributed by atoms with Crippen LogP contribution in [0.3, 0.4) is 0 Å². The smallest absolute Gasteiger partial charge is 0.288 e. The summed E-state index contributed by atoms with van der Waals surface area (Å²) in [5.41, 5.74) is 2.02. The van der Waals surface area contributed by atoms with Crippen LogP contribution in [0.2, 0.25) is 0 Å². The molecule has 10 heteroatoms. The van der Waals surface area contributed by atoms with Crippen molar-refractivity contribution in [3.8, 4) is 17.0 Å². The second-order valence-corrected chi connectivity index (χ2v) is 6.27. The Balaban J connectivity index is 1.82. The van der Waals surface area contributed by atoms with Gasteiger partial charge in [0.1, 0.15) is 23.3 Å². The molecule has 0 saturated heterocycles. The fourth-order valence-electron chi connectivity index (χ4n) is 3.37. The summed E-state index contributed by atoms with van der Waals surface area (Å²) < 4.78 is 14.9. The van der Waals surface area contributed by atoms with Gasteiger partial charge < -0.3 is 10.4 Å². The van der Waals surface area contributed by atoms with Gasteiger partial charge in [0.15, 0.2) is 0 Å². The minimum absolute atomic E-state index is 0.0633. The molecular formula is C18H12FN7O2. The average molecular weight is 377 g/mol. The lowest BCUT2D eigenvalue weighted by Crippen LogP contribution is -2.29. The van der Waals surface area contributed by atoms with Gasteiger partial charge in [-0.3, -0.25) is 4.79 Å². The molecule has 9 nitrogen and oxygen atoms in total. The monoisotopic (exact) mass is 377 g/mol. The molecule has 3 heterocycles. The Bertz CT molecular complexity index is 1250. The van der Waals surface area contributed by atoms with Crippen molar-refractivity contribution in [1.29, 1.82) is 0 Å². The maximum Gasteiger partial charge on any atom is 0.288 e. The van der Waals surface area contributed by atoms with Crippen LogP contribution in [0.5, 0.6) is 5.75 Å². The van der Waals surface area contributed by atoms with E-state index >= 15 is 0 Å². The number of phenolic OH excluding ortho intramolecular Hbond substituents is 1. The number of benzene rings is 2. The standard InChI is InChI=1S/C18H12FN7O2/c19-11-6-4-9(5-7-11)14-13-15(17(28)22-21-14)20-18-23-24-25-26(18)16(13)10-2-1-3-12(27)8-10/h1-8,16,27H,(H,22,28)(H,20,23,25). The Morgan fingerprint density at radius 1 is 1.14 bits per heavy atom. The molecule has 2 aromatic carbocycles. The van der Waals surface area contributed by atoms with Crippen LogP contribution < -0.4 is 10.9 Å². The summed E-state index contributed by atoms with van der Waals surface area (Å²) in [4.78, 5) is 12.5. The molecule has 28 heavy (non-hydrogen) atoms. The van der Waals surface area contributed by atoms with E-state index in [1.54, 1.807) is 36.4 Å². The van der Waals surface area contributed by atoms with E-state index in [1.807, 2.05) is 0 Å². The lowest BCUT2D eigenvalue weighted by Gasteiger charge is -2.27. The van der Waals surface area contributed by atoms with Crippen molar-refractivity contribution < 1.29 is 9.50 Å². The Morgan fingerprint density at radius 3 is 2.75 bits per heavy atom. The molecule has 2 aromatic heterocycles. The van der Waals surface area contributed by atoms with Crippen LogP contribution in [-0.2, 0) is 0 Å². The van der Waals surface area contributed by atoms with E-state index in [0.717, 1.165) is 0 Å². The van der Waals surface area contributed by atoms with Gasteiger partial charge in [-0.2, -0.15) is 9.78 Å². The van der Waals surface area contributed by atoms with Gasteiger partial charge in [0.05, 0.1) is 5.69 Å². The third kappa shape index (κ3) is 2.42. The van der Waals surface area contributed by atoms with E-state index in [-0.39, 0.29) is 23.2 Å². The number of H-pyrrole nitrogens is 1. The lowest BCUT2D eigenvalue weighted by molar-refractivity contribution is 0.472. The topological polar surface area (TPSA) is 122 Å². The Labute approximate surface area is 156 Å². The molecule has 1 aliphatic rings. The van der Waals surface area contributed by atoms with Crippen LogP contribution in [0.4, 0.5) is 16.0 Å². The SMILES string of the molecule is O=c1[nH]nc(-c2ccc(F)cc2)c2c1Nc1nnnn1C2c1cccc(O)c1. The van der Waals surface area contributed by atoms with Gasteiger partial charge in [0.25, 0.3) is 5.56 Å². The summed E-state index contributed by atoms with van der Waals surface area (Å²) >= 11 is 0. The van der Waals surface area contributed by atoms with Crippen molar-refractivity contribution in [3.63, 3.8) is 0 Å². The van der Waals surface area contributed by atoms with E-state index in [0.29, 0.717) is 22.4 Å². The first kappa shape index (κ1) is 16.1. The summed E-state index contributed by atoms with van der Waals surface area (Å²) in [6, 6.07) is 11.8. The van der Waals surface area contributed by atoms with Crippen LogP contribution in [0.15, 0.2) is 53.3 Å². The largest absolute Gasteiger partial charge is 0.508 e. The van der Waals surface area contributed by atoms with Gasteiger partial charge in [0, 0.05) is 11.1 Å². The van der Waals surface area contributed by atoms with Gasteiger partial charge in [-0.15, -0.1) is 0 Å². The van der Waals surface area contributed by atoms with Crippen molar-refractivity contribution >= 4 is 11.6 Å². The summed E-state index contributed by atoms with van der Waals surface area (Å²) in [6.07, 6.45) is 0. The summed E-state index contributed by atoms with van der Waals surface area (Å²) in [7, 11) is 0. The molecule has 0 fully saturated rings. The highest BCUT2D eigenvalue weighted by Gasteiger charge is 2.34.